The highest BCUT2D eigenvalue weighted by Crippen LogP contribution is 2.31. The Bertz CT molecular complexity index is 1200. The summed E-state index contributed by atoms with van der Waals surface area (Å²) in [5, 5.41) is 14.2. The lowest BCUT2D eigenvalue weighted by atomic mass is 10.1. The lowest BCUT2D eigenvalue weighted by Gasteiger charge is -2.10. The van der Waals surface area contributed by atoms with Crippen LogP contribution in [0.25, 0.3) is 22.0 Å². The Morgan fingerprint density at radius 3 is 2.30 bits per heavy atom. The number of hydrogen-bond acceptors (Lipinski definition) is 4. The number of nitrogens with zero attached hydrogens (tertiary/aromatic N) is 2. The number of aromatic nitrogens is 2. The highest BCUT2D eigenvalue weighted by Gasteiger charge is 2.13. The average molecular weight is 418 g/mol. The van der Waals surface area contributed by atoms with Crippen molar-refractivity contribution < 1.29 is 9.18 Å². The fourth-order valence-electron chi connectivity index (χ4n) is 3.38. The van der Waals surface area contributed by atoms with Gasteiger partial charge in [-0.3, -0.25) is 4.79 Å². The van der Waals surface area contributed by atoms with E-state index in [0.717, 1.165) is 33.2 Å². The van der Waals surface area contributed by atoms with Gasteiger partial charge in [0.05, 0.1) is 5.75 Å². The summed E-state index contributed by atoms with van der Waals surface area (Å²) in [4.78, 5) is 12.4. The van der Waals surface area contributed by atoms with E-state index < -0.39 is 0 Å². The molecule has 0 aliphatic rings. The van der Waals surface area contributed by atoms with Gasteiger partial charge in [0.15, 0.2) is 0 Å². The predicted octanol–water partition coefficient (Wildman–Crippen LogP) is 5.78. The van der Waals surface area contributed by atoms with E-state index >= 15 is 0 Å². The van der Waals surface area contributed by atoms with Crippen LogP contribution in [0.5, 0.6) is 0 Å². The van der Waals surface area contributed by atoms with Crippen molar-refractivity contribution in [1.82, 2.24) is 10.2 Å². The minimum Gasteiger partial charge on any atom is -0.325 e. The minimum atomic E-state index is -0.294. The SMILES string of the molecule is Cc1cc(C)cc(NC(=O)CSc2nnc(-c3ccc(F)cc3)c3ccccc23)c1. The number of aryl methyl sites for hydroxylation is 2. The molecule has 0 saturated carbocycles. The number of fused-ring (bicyclic) bond motifs is 1. The van der Waals surface area contributed by atoms with E-state index in [9.17, 15) is 9.18 Å². The fourth-order valence-corrected chi connectivity index (χ4v) is 4.16. The Morgan fingerprint density at radius 1 is 0.933 bits per heavy atom. The molecule has 1 N–H and O–H groups in total. The highest BCUT2D eigenvalue weighted by molar-refractivity contribution is 8.00. The average Bonchev–Trinajstić information content (AvgIpc) is 2.72. The fraction of sp³-hybridized carbons (Fsp3) is 0.125. The maximum absolute atomic E-state index is 13.3. The van der Waals surface area contributed by atoms with Gasteiger partial charge in [-0.15, -0.1) is 10.2 Å². The van der Waals surface area contributed by atoms with Gasteiger partial charge in [0.25, 0.3) is 0 Å². The molecule has 4 nitrogen and oxygen atoms in total. The van der Waals surface area contributed by atoms with E-state index in [0.29, 0.717) is 10.7 Å². The molecule has 30 heavy (non-hydrogen) atoms. The lowest BCUT2D eigenvalue weighted by molar-refractivity contribution is -0.113. The molecule has 4 rings (SSSR count). The maximum atomic E-state index is 13.3. The van der Waals surface area contributed by atoms with Gasteiger partial charge in [-0.25, -0.2) is 4.39 Å². The largest absolute Gasteiger partial charge is 0.325 e. The van der Waals surface area contributed by atoms with Crippen molar-refractivity contribution in [3.63, 3.8) is 0 Å². The summed E-state index contributed by atoms with van der Waals surface area (Å²) in [5.41, 5.74) is 4.48. The molecule has 1 aromatic heterocycles. The van der Waals surface area contributed by atoms with E-state index in [4.69, 9.17) is 0 Å². The maximum Gasteiger partial charge on any atom is 0.234 e. The summed E-state index contributed by atoms with van der Waals surface area (Å²) in [6.07, 6.45) is 0. The number of rotatable bonds is 5. The van der Waals surface area contributed by atoms with Gasteiger partial charge in [-0.2, -0.15) is 0 Å². The van der Waals surface area contributed by atoms with Gasteiger partial charge >= 0.3 is 0 Å². The zero-order valence-electron chi connectivity index (χ0n) is 16.6. The van der Waals surface area contributed by atoms with Crippen molar-refractivity contribution in [3.8, 4) is 11.3 Å². The van der Waals surface area contributed by atoms with Gasteiger partial charge in [-0.05, 0) is 61.4 Å². The van der Waals surface area contributed by atoms with Crippen molar-refractivity contribution >= 4 is 34.1 Å². The third-order valence-electron chi connectivity index (χ3n) is 4.62. The zero-order chi connectivity index (χ0) is 21.1. The molecular formula is C24H20FN3OS. The predicted molar refractivity (Wildman–Crippen MR) is 120 cm³/mol. The molecule has 0 aliphatic heterocycles. The van der Waals surface area contributed by atoms with Crippen molar-refractivity contribution in [3.05, 3.63) is 83.7 Å². The van der Waals surface area contributed by atoms with E-state index in [2.05, 4.69) is 21.6 Å². The Morgan fingerprint density at radius 2 is 1.60 bits per heavy atom. The van der Waals surface area contributed by atoms with Gasteiger partial charge in [-0.1, -0.05) is 42.1 Å². The second-order valence-corrected chi connectivity index (χ2v) is 8.08. The van der Waals surface area contributed by atoms with Crippen molar-refractivity contribution in [1.29, 1.82) is 0 Å². The number of benzene rings is 3. The van der Waals surface area contributed by atoms with Crippen LogP contribution in [0.2, 0.25) is 0 Å². The Balaban J connectivity index is 1.55. The van der Waals surface area contributed by atoms with Gasteiger partial charge < -0.3 is 5.32 Å². The number of amides is 1. The molecule has 6 heteroatoms. The van der Waals surface area contributed by atoms with Crippen LogP contribution >= 0.6 is 11.8 Å². The standard InChI is InChI=1S/C24H20FN3OS/c1-15-11-16(2)13-19(12-15)26-22(29)14-30-24-21-6-4-3-5-20(21)23(27-28-24)17-7-9-18(25)10-8-17/h3-13H,14H2,1-2H3,(H,26,29). The van der Waals surface area contributed by atoms with Gasteiger partial charge in [0.2, 0.25) is 5.91 Å². The first kappa shape index (κ1) is 20.0. The normalized spacial score (nSPS) is 10.9. The number of carbonyl (C=O) groups excluding carboxylic acids is 1. The Hall–Kier alpha value is -3.25. The summed E-state index contributed by atoms with van der Waals surface area (Å²) < 4.78 is 13.3. The van der Waals surface area contributed by atoms with Crippen LogP contribution in [0.15, 0.2) is 71.8 Å². The molecule has 0 atom stereocenters. The number of thioether (sulfide) groups is 1. The number of anilines is 1. The summed E-state index contributed by atoms with van der Waals surface area (Å²) in [5.74, 6) is -0.168. The lowest BCUT2D eigenvalue weighted by Crippen LogP contribution is -2.14. The minimum absolute atomic E-state index is 0.0986. The molecule has 4 aromatic rings. The van der Waals surface area contributed by atoms with E-state index in [1.54, 1.807) is 12.1 Å². The van der Waals surface area contributed by atoms with Gasteiger partial charge in [0.1, 0.15) is 16.5 Å². The molecule has 0 radical (unpaired) electrons. The third kappa shape index (κ3) is 4.49. The molecule has 0 saturated heterocycles. The van der Waals surface area contributed by atoms with Crippen molar-refractivity contribution in [2.24, 2.45) is 0 Å². The number of nitrogens with one attached hydrogen (secondary N) is 1. The van der Waals surface area contributed by atoms with Gasteiger partial charge in [0, 0.05) is 22.0 Å². The molecule has 3 aromatic carbocycles. The summed E-state index contributed by atoms with van der Waals surface area (Å²) >= 11 is 1.35. The van der Waals surface area contributed by atoms with Crippen LogP contribution in [-0.2, 0) is 4.79 Å². The Kier molecular flexibility index (Phi) is 5.77. The topological polar surface area (TPSA) is 54.9 Å². The highest BCUT2D eigenvalue weighted by atomic mass is 32.2. The smallest absolute Gasteiger partial charge is 0.234 e. The summed E-state index contributed by atoms with van der Waals surface area (Å²) in [6, 6.07) is 19.9. The first-order valence-electron chi connectivity index (χ1n) is 9.52. The second-order valence-electron chi connectivity index (χ2n) is 7.12. The molecule has 1 amide bonds. The third-order valence-corrected chi connectivity index (χ3v) is 5.60. The Labute approximate surface area is 178 Å². The van der Waals surface area contributed by atoms with E-state index in [1.807, 2.05) is 50.2 Å². The first-order valence-corrected chi connectivity index (χ1v) is 10.5. The summed E-state index contributed by atoms with van der Waals surface area (Å²) in [7, 11) is 0. The monoisotopic (exact) mass is 417 g/mol. The van der Waals surface area contributed by atoms with Crippen LogP contribution in [-0.4, -0.2) is 21.9 Å². The number of halogens is 1. The second kappa shape index (κ2) is 8.63. The molecule has 1 heterocycles. The number of carbonyl (C=O) groups is 1. The molecule has 0 fully saturated rings. The molecule has 0 spiro atoms. The molecule has 0 bridgehead atoms. The van der Waals surface area contributed by atoms with E-state index in [-0.39, 0.29) is 17.5 Å². The molecule has 0 aliphatic carbocycles. The van der Waals surface area contributed by atoms with Crippen LogP contribution < -0.4 is 5.32 Å². The zero-order valence-corrected chi connectivity index (χ0v) is 17.5. The van der Waals surface area contributed by atoms with Crippen LogP contribution in [0.1, 0.15) is 11.1 Å². The molecular weight excluding hydrogens is 397 g/mol. The molecule has 0 unspecified atom stereocenters. The number of hydrogen-bond donors (Lipinski definition) is 1. The van der Waals surface area contributed by atoms with Crippen molar-refractivity contribution in [2.45, 2.75) is 18.9 Å². The first-order chi connectivity index (χ1) is 14.5. The van der Waals surface area contributed by atoms with Crippen LogP contribution in [0, 0.1) is 19.7 Å². The van der Waals surface area contributed by atoms with Crippen LogP contribution in [0.3, 0.4) is 0 Å². The molecule has 150 valence electrons. The summed E-state index contributed by atoms with van der Waals surface area (Å²) in [6.45, 7) is 4.00. The quantitative estimate of drug-likeness (QED) is 0.418. The van der Waals surface area contributed by atoms with E-state index in [1.165, 1.54) is 23.9 Å². The van der Waals surface area contributed by atoms with Crippen molar-refractivity contribution in [2.75, 3.05) is 11.1 Å². The van der Waals surface area contributed by atoms with Crippen LogP contribution in [0.4, 0.5) is 10.1 Å².